The van der Waals surface area contributed by atoms with Crippen LogP contribution in [0.1, 0.15) is 258 Å². The van der Waals surface area contributed by atoms with E-state index in [2.05, 4.69) is 81.5 Å². The van der Waals surface area contributed by atoms with Gasteiger partial charge in [-0.05, 0) is 83.5 Å². The highest BCUT2D eigenvalue weighted by Crippen LogP contribution is 2.15. The summed E-state index contributed by atoms with van der Waals surface area (Å²) < 4.78 is 16.8. The van der Waals surface area contributed by atoms with Gasteiger partial charge in [-0.3, -0.25) is 14.4 Å². The molecule has 0 fully saturated rings. The minimum atomic E-state index is -0.787. The fourth-order valence-corrected chi connectivity index (χ4v) is 7.31. The predicted molar refractivity (Wildman–Crippen MR) is 265 cm³/mol. The lowest BCUT2D eigenvalue weighted by atomic mass is 10.0. The van der Waals surface area contributed by atoms with E-state index in [0.29, 0.717) is 19.3 Å². The van der Waals surface area contributed by atoms with E-state index in [1.807, 2.05) is 0 Å². The third-order valence-corrected chi connectivity index (χ3v) is 11.3. The standard InChI is InChI=1S/C56H98O6/c1-4-7-10-13-16-19-22-25-27-28-30-32-35-38-41-44-47-50-56(59)62-53(51-60-54(57)48-45-42-39-36-33-24-21-18-15-12-9-6-3)52-61-55(58)49-46-43-40-37-34-31-29-26-23-20-17-14-11-8-5-2/h7,10,16,19,25-27,29-30,32,53H,4-6,8-9,11-15,17-18,20-24,28,31,33-52H2,1-3H3/b10-7-,19-16-,27-25-,29-26-,32-30-/t53-/m0/s1. The molecule has 0 aliphatic rings. The number of hydrogen-bond acceptors (Lipinski definition) is 6. The molecule has 0 saturated carbocycles. The van der Waals surface area contributed by atoms with Gasteiger partial charge >= 0.3 is 17.9 Å². The quantitative estimate of drug-likeness (QED) is 0.0262. The first-order chi connectivity index (χ1) is 30.5. The Morgan fingerprint density at radius 3 is 1.00 bits per heavy atom. The van der Waals surface area contributed by atoms with Gasteiger partial charge in [0.1, 0.15) is 13.2 Å². The lowest BCUT2D eigenvalue weighted by molar-refractivity contribution is -0.167. The highest BCUT2D eigenvalue weighted by atomic mass is 16.6. The average Bonchev–Trinajstić information content (AvgIpc) is 3.27. The Morgan fingerprint density at radius 1 is 0.339 bits per heavy atom. The van der Waals surface area contributed by atoms with E-state index < -0.39 is 6.10 Å². The number of rotatable bonds is 47. The zero-order chi connectivity index (χ0) is 45.1. The van der Waals surface area contributed by atoms with Gasteiger partial charge in [-0.2, -0.15) is 0 Å². The summed E-state index contributed by atoms with van der Waals surface area (Å²) in [6.45, 7) is 6.50. The average molecular weight is 867 g/mol. The molecule has 0 unspecified atom stereocenters. The van der Waals surface area contributed by atoms with Gasteiger partial charge in [0.2, 0.25) is 0 Å². The molecule has 0 bridgehead atoms. The van der Waals surface area contributed by atoms with E-state index in [1.54, 1.807) is 0 Å². The van der Waals surface area contributed by atoms with Crippen molar-refractivity contribution in [2.45, 2.75) is 264 Å². The van der Waals surface area contributed by atoms with E-state index in [-0.39, 0.29) is 31.1 Å². The van der Waals surface area contributed by atoms with Crippen LogP contribution in [0, 0.1) is 0 Å². The van der Waals surface area contributed by atoms with Crippen LogP contribution in [-0.2, 0) is 28.6 Å². The molecule has 0 aromatic carbocycles. The van der Waals surface area contributed by atoms with Crippen LogP contribution in [0.25, 0.3) is 0 Å². The lowest BCUT2D eigenvalue weighted by Crippen LogP contribution is -2.30. The summed E-state index contributed by atoms with van der Waals surface area (Å²) in [5.41, 5.74) is 0. The summed E-state index contributed by atoms with van der Waals surface area (Å²) in [4.78, 5) is 38.0. The number of esters is 3. The molecule has 0 aromatic heterocycles. The van der Waals surface area contributed by atoms with Crippen molar-refractivity contribution in [3.8, 4) is 0 Å². The van der Waals surface area contributed by atoms with Crippen LogP contribution in [0.15, 0.2) is 60.8 Å². The minimum absolute atomic E-state index is 0.0849. The number of allylic oxidation sites excluding steroid dienone is 10. The summed E-state index contributed by atoms with van der Waals surface area (Å²) in [5, 5.41) is 0. The SMILES string of the molecule is CC/C=C\C/C=C\C/C=C\C/C=C\CCCCCCC(=O)O[C@H](COC(=O)CCCCCCC/C=C\CCCCCCCC)COC(=O)CCCCCCCCCCCCCC. The maximum absolute atomic E-state index is 12.8. The molecule has 0 saturated heterocycles. The maximum Gasteiger partial charge on any atom is 0.306 e. The van der Waals surface area contributed by atoms with Gasteiger partial charge in [0.05, 0.1) is 0 Å². The van der Waals surface area contributed by atoms with Gasteiger partial charge in [0.25, 0.3) is 0 Å². The Labute approximate surface area is 383 Å². The van der Waals surface area contributed by atoms with Crippen molar-refractivity contribution >= 4 is 17.9 Å². The Bertz CT molecular complexity index is 1130. The van der Waals surface area contributed by atoms with Crippen molar-refractivity contribution in [1.29, 1.82) is 0 Å². The molecule has 6 nitrogen and oxygen atoms in total. The first-order valence-electron chi connectivity index (χ1n) is 26.3. The van der Waals surface area contributed by atoms with Crippen molar-refractivity contribution in [3.63, 3.8) is 0 Å². The fourth-order valence-electron chi connectivity index (χ4n) is 7.31. The van der Waals surface area contributed by atoms with Crippen LogP contribution in [0.5, 0.6) is 0 Å². The second-order valence-corrected chi connectivity index (χ2v) is 17.4. The summed E-state index contributed by atoms with van der Waals surface area (Å²) >= 11 is 0. The van der Waals surface area contributed by atoms with Crippen LogP contribution in [-0.4, -0.2) is 37.2 Å². The molecule has 1 atom stereocenters. The molecule has 0 heterocycles. The summed E-state index contributed by atoms with van der Waals surface area (Å²) in [6, 6.07) is 0. The number of carbonyl (C=O) groups is 3. The topological polar surface area (TPSA) is 78.9 Å². The molecule has 0 aromatic rings. The monoisotopic (exact) mass is 867 g/mol. The van der Waals surface area contributed by atoms with Gasteiger partial charge in [-0.25, -0.2) is 0 Å². The van der Waals surface area contributed by atoms with Crippen molar-refractivity contribution in [1.82, 2.24) is 0 Å². The van der Waals surface area contributed by atoms with Gasteiger partial charge in [-0.1, -0.05) is 216 Å². The molecule has 6 heteroatoms. The van der Waals surface area contributed by atoms with Gasteiger partial charge < -0.3 is 14.2 Å². The largest absolute Gasteiger partial charge is 0.462 e. The molecule has 0 radical (unpaired) electrons. The number of carbonyl (C=O) groups excluding carboxylic acids is 3. The van der Waals surface area contributed by atoms with E-state index in [0.717, 1.165) is 103 Å². The molecule has 0 aliphatic heterocycles. The molecule has 62 heavy (non-hydrogen) atoms. The Balaban J connectivity index is 4.42. The zero-order valence-corrected chi connectivity index (χ0v) is 40.9. The van der Waals surface area contributed by atoms with Crippen LogP contribution < -0.4 is 0 Å². The Kier molecular flexibility index (Phi) is 48.4. The third kappa shape index (κ3) is 48.1. The molecule has 358 valence electrons. The smallest absolute Gasteiger partial charge is 0.306 e. The van der Waals surface area contributed by atoms with Gasteiger partial charge in [-0.15, -0.1) is 0 Å². The summed E-state index contributed by atoms with van der Waals surface area (Å²) in [7, 11) is 0. The maximum atomic E-state index is 12.8. The number of ether oxygens (including phenoxy) is 3. The van der Waals surface area contributed by atoms with Crippen LogP contribution >= 0.6 is 0 Å². The molecule has 0 aliphatic carbocycles. The van der Waals surface area contributed by atoms with Crippen molar-refractivity contribution in [2.24, 2.45) is 0 Å². The third-order valence-electron chi connectivity index (χ3n) is 11.3. The van der Waals surface area contributed by atoms with Crippen molar-refractivity contribution < 1.29 is 28.6 Å². The lowest BCUT2D eigenvalue weighted by Gasteiger charge is -2.18. The second kappa shape index (κ2) is 50.8. The highest BCUT2D eigenvalue weighted by Gasteiger charge is 2.19. The minimum Gasteiger partial charge on any atom is -0.462 e. The zero-order valence-electron chi connectivity index (χ0n) is 40.9. The van der Waals surface area contributed by atoms with E-state index in [1.165, 1.54) is 116 Å². The molecule has 0 N–H and O–H groups in total. The Hall–Kier alpha value is -2.89. The van der Waals surface area contributed by atoms with E-state index in [4.69, 9.17) is 14.2 Å². The summed E-state index contributed by atoms with van der Waals surface area (Å²) in [5.74, 6) is -0.912. The first kappa shape index (κ1) is 59.1. The van der Waals surface area contributed by atoms with E-state index >= 15 is 0 Å². The highest BCUT2D eigenvalue weighted by molar-refractivity contribution is 5.71. The summed E-state index contributed by atoms with van der Waals surface area (Å²) in [6.07, 6.45) is 62.0. The van der Waals surface area contributed by atoms with Crippen LogP contribution in [0.2, 0.25) is 0 Å². The van der Waals surface area contributed by atoms with Crippen molar-refractivity contribution in [2.75, 3.05) is 13.2 Å². The normalized spacial score (nSPS) is 12.5. The second-order valence-electron chi connectivity index (χ2n) is 17.4. The number of unbranched alkanes of at least 4 members (excludes halogenated alkanes) is 26. The van der Waals surface area contributed by atoms with Crippen LogP contribution in [0.4, 0.5) is 0 Å². The fraction of sp³-hybridized carbons (Fsp3) is 0.768. The van der Waals surface area contributed by atoms with E-state index in [9.17, 15) is 14.4 Å². The van der Waals surface area contributed by atoms with Crippen LogP contribution in [0.3, 0.4) is 0 Å². The predicted octanol–water partition coefficient (Wildman–Crippen LogP) is 17.3. The molecule has 0 spiro atoms. The van der Waals surface area contributed by atoms with Crippen molar-refractivity contribution in [3.05, 3.63) is 60.8 Å². The first-order valence-corrected chi connectivity index (χ1v) is 26.3. The number of hydrogen-bond donors (Lipinski definition) is 0. The Morgan fingerprint density at radius 2 is 0.629 bits per heavy atom. The van der Waals surface area contributed by atoms with Gasteiger partial charge in [0, 0.05) is 19.3 Å². The molecular weight excluding hydrogens is 769 g/mol. The molecule has 0 rings (SSSR count). The molecular formula is C56H98O6. The molecule has 0 amide bonds. The van der Waals surface area contributed by atoms with Gasteiger partial charge in [0.15, 0.2) is 6.10 Å².